The summed E-state index contributed by atoms with van der Waals surface area (Å²) in [4.78, 5) is 39.2. The van der Waals surface area contributed by atoms with E-state index in [1.807, 2.05) is 36.2 Å². The van der Waals surface area contributed by atoms with Crippen LogP contribution in [0.3, 0.4) is 0 Å². The Morgan fingerprint density at radius 2 is 1.68 bits per heavy atom. The van der Waals surface area contributed by atoms with Crippen molar-refractivity contribution in [3.63, 3.8) is 0 Å². The van der Waals surface area contributed by atoms with E-state index in [9.17, 15) is 9.59 Å². The summed E-state index contributed by atoms with van der Waals surface area (Å²) in [6.07, 6.45) is 8.92. The zero-order valence-corrected chi connectivity index (χ0v) is 24.5. The molecule has 2 aromatic heterocycles. The van der Waals surface area contributed by atoms with Gasteiger partial charge in [-0.1, -0.05) is 6.92 Å². The Morgan fingerprint density at radius 1 is 0.974 bits per heavy atom. The maximum absolute atomic E-state index is 13.6. The summed E-state index contributed by atoms with van der Waals surface area (Å²) in [5, 5.41) is 0. The van der Waals surface area contributed by atoms with Gasteiger partial charge in [-0.3, -0.25) is 19.4 Å². The molecule has 1 atom stereocenters. The molecular weight excluding hydrogens is 492 g/mol. The molecule has 6 nitrogen and oxygen atoms in total. The number of likely N-dealkylation sites (tertiary alicyclic amines) is 2. The largest absolute Gasteiger partial charge is 0.334 e. The number of amides is 1. The van der Waals surface area contributed by atoms with Gasteiger partial charge < -0.3 is 9.88 Å². The maximum atomic E-state index is 13.6. The Hall–Kier alpha value is -1.96. The third-order valence-electron chi connectivity index (χ3n) is 10.1. The summed E-state index contributed by atoms with van der Waals surface area (Å²) in [6, 6.07) is 3.59. The summed E-state index contributed by atoms with van der Waals surface area (Å²) in [6.45, 7) is 14.7. The molecule has 1 amide bonds. The fourth-order valence-corrected chi connectivity index (χ4v) is 9.14. The lowest BCUT2D eigenvalue weighted by molar-refractivity contribution is -0.00222. The van der Waals surface area contributed by atoms with Crippen LogP contribution in [0.5, 0.6) is 0 Å². The van der Waals surface area contributed by atoms with Crippen molar-refractivity contribution in [2.75, 3.05) is 32.7 Å². The molecule has 0 aromatic carbocycles. The van der Waals surface area contributed by atoms with Crippen molar-refractivity contribution in [1.29, 1.82) is 0 Å². The van der Waals surface area contributed by atoms with E-state index in [0.717, 1.165) is 35.3 Å². The van der Waals surface area contributed by atoms with Crippen molar-refractivity contribution in [3.05, 3.63) is 54.1 Å². The Bertz CT molecular complexity index is 1250. The molecule has 2 aromatic rings. The Kier molecular flexibility index (Phi) is 7.29. The summed E-state index contributed by atoms with van der Waals surface area (Å²) >= 11 is 1.89. The van der Waals surface area contributed by atoms with Gasteiger partial charge in [0.05, 0.1) is 12.1 Å². The second-order valence-electron chi connectivity index (χ2n) is 12.5. The highest BCUT2D eigenvalue weighted by Crippen LogP contribution is 2.44. The molecule has 1 N–H and O–H groups in total. The first-order valence-electron chi connectivity index (χ1n) is 14.9. The zero-order chi connectivity index (χ0) is 26.6. The molecule has 1 saturated carbocycles. The molecule has 0 bridgehead atoms. The number of aryl methyl sites for hydroxylation is 2. The Balaban J connectivity index is 1.09. The number of aromatic nitrogens is 1. The van der Waals surface area contributed by atoms with Gasteiger partial charge in [0, 0.05) is 59.2 Å². The molecule has 3 fully saturated rings. The van der Waals surface area contributed by atoms with E-state index in [-0.39, 0.29) is 11.5 Å². The number of rotatable bonds is 6. The molecule has 38 heavy (non-hydrogen) atoms. The van der Waals surface area contributed by atoms with Crippen LogP contribution in [0.15, 0.2) is 10.9 Å². The number of nitrogens with one attached hydrogen (secondary N) is 1. The zero-order valence-electron chi connectivity index (χ0n) is 23.6. The van der Waals surface area contributed by atoms with Gasteiger partial charge in [-0.25, -0.2) is 0 Å². The second kappa shape index (κ2) is 10.5. The van der Waals surface area contributed by atoms with E-state index in [4.69, 9.17) is 0 Å². The Labute approximate surface area is 231 Å². The van der Waals surface area contributed by atoms with Crippen LogP contribution in [0.25, 0.3) is 0 Å². The van der Waals surface area contributed by atoms with Gasteiger partial charge in [0.1, 0.15) is 0 Å². The van der Waals surface area contributed by atoms with Gasteiger partial charge in [-0.2, -0.15) is 0 Å². The molecule has 7 heteroatoms. The number of H-pyrrole nitrogens is 1. The molecule has 5 heterocycles. The van der Waals surface area contributed by atoms with Crippen molar-refractivity contribution in [2.24, 2.45) is 5.92 Å². The smallest absolute Gasteiger partial charge is 0.255 e. The number of fused-ring (bicyclic) bond motifs is 1. The van der Waals surface area contributed by atoms with E-state index in [1.54, 1.807) is 0 Å². The van der Waals surface area contributed by atoms with Crippen LogP contribution in [-0.2, 0) is 13.0 Å². The maximum Gasteiger partial charge on any atom is 0.255 e. The SMILES string of the molecule is Cc1cc(C)c(CN2CCc3sc([C@H](C)[C@H]4CC[C@H](N5CC(N6CCCC6)C5)CC4)c(C)c3C2=O)c(=O)[nH]1. The number of carbonyl (C=O) groups excluding carboxylic acids is 1. The molecule has 2 saturated heterocycles. The molecular formula is C31H44N4O2S. The fraction of sp³-hybridized carbons (Fsp3) is 0.677. The minimum Gasteiger partial charge on any atom is -0.334 e. The number of hydrogen-bond acceptors (Lipinski definition) is 5. The van der Waals surface area contributed by atoms with Crippen molar-refractivity contribution >= 4 is 17.2 Å². The molecule has 1 aliphatic carbocycles. The Morgan fingerprint density at radius 3 is 2.37 bits per heavy atom. The minimum absolute atomic E-state index is 0.0714. The van der Waals surface area contributed by atoms with Crippen molar-refractivity contribution in [1.82, 2.24) is 19.7 Å². The molecule has 0 unspecified atom stereocenters. The highest BCUT2D eigenvalue weighted by atomic mass is 32.1. The first kappa shape index (κ1) is 26.3. The van der Waals surface area contributed by atoms with E-state index in [0.29, 0.717) is 30.5 Å². The van der Waals surface area contributed by atoms with Gasteiger partial charge in [0.2, 0.25) is 0 Å². The number of aromatic amines is 1. The first-order valence-corrected chi connectivity index (χ1v) is 15.7. The van der Waals surface area contributed by atoms with Crippen LogP contribution in [0.2, 0.25) is 0 Å². The van der Waals surface area contributed by atoms with Gasteiger partial charge in [0.15, 0.2) is 0 Å². The van der Waals surface area contributed by atoms with Gasteiger partial charge in [-0.15, -0.1) is 11.3 Å². The lowest BCUT2D eigenvalue weighted by Gasteiger charge is -2.50. The molecule has 6 rings (SSSR count). The first-order chi connectivity index (χ1) is 18.3. The molecule has 4 aliphatic rings. The number of hydrogen-bond donors (Lipinski definition) is 1. The quantitative estimate of drug-likeness (QED) is 0.564. The van der Waals surface area contributed by atoms with Crippen molar-refractivity contribution in [3.8, 4) is 0 Å². The minimum atomic E-state index is -0.0714. The summed E-state index contributed by atoms with van der Waals surface area (Å²) in [5.74, 6) is 1.32. The predicted molar refractivity (Wildman–Crippen MR) is 154 cm³/mol. The van der Waals surface area contributed by atoms with Crippen LogP contribution >= 0.6 is 11.3 Å². The third kappa shape index (κ3) is 4.79. The average Bonchev–Trinajstić information content (AvgIpc) is 3.50. The summed E-state index contributed by atoms with van der Waals surface area (Å²) in [5.41, 5.74) is 4.58. The molecule has 206 valence electrons. The van der Waals surface area contributed by atoms with Gasteiger partial charge >= 0.3 is 0 Å². The van der Waals surface area contributed by atoms with E-state index in [2.05, 4.69) is 28.6 Å². The molecule has 3 aliphatic heterocycles. The lowest BCUT2D eigenvalue weighted by Crippen LogP contribution is -2.62. The highest BCUT2D eigenvalue weighted by Gasteiger charge is 2.39. The van der Waals surface area contributed by atoms with Gasteiger partial charge in [-0.05, 0) is 101 Å². The third-order valence-corrected chi connectivity index (χ3v) is 11.7. The average molecular weight is 537 g/mol. The fourth-order valence-electron chi connectivity index (χ4n) is 7.70. The number of carbonyl (C=O) groups is 1. The van der Waals surface area contributed by atoms with Crippen LogP contribution in [0.4, 0.5) is 0 Å². The number of nitrogens with zero attached hydrogens (tertiary/aromatic N) is 3. The van der Waals surface area contributed by atoms with Crippen LogP contribution in [0.1, 0.15) is 93.9 Å². The highest BCUT2D eigenvalue weighted by molar-refractivity contribution is 7.12. The monoisotopic (exact) mass is 536 g/mol. The second-order valence-corrected chi connectivity index (χ2v) is 13.7. The normalized spacial score (nSPS) is 26.0. The van der Waals surface area contributed by atoms with Crippen LogP contribution in [-0.4, -0.2) is 70.4 Å². The number of thiophene rings is 1. The predicted octanol–water partition coefficient (Wildman–Crippen LogP) is 5.00. The van der Waals surface area contributed by atoms with E-state index in [1.165, 1.54) is 80.0 Å². The van der Waals surface area contributed by atoms with E-state index >= 15 is 0 Å². The van der Waals surface area contributed by atoms with Gasteiger partial charge in [0.25, 0.3) is 11.5 Å². The lowest BCUT2D eigenvalue weighted by atomic mass is 9.76. The van der Waals surface area contributed by atoms with Crippen molar-refractivity contribution < 1.29 is 4.79 Å². The van der Waals surface area contributed by atoms with E-state index < -0.39 is 0 Å². The van der Waals surface area contributed by atoms with Crippen LogP contribution < -0.4 is 5.56 Å². The standard InChI is InChI=1S/C31H44N4O2S/c1-19-15-20(2)32-30(36)26(19)18-34-14-11-27-28(31(34)37)22(4)29(38-27)21(3)23-7-9-24(10-8-23)35-16-25(17-35)33-12-5-6-13-33/h15,21,23-25H,5-14,16-18H2,1-4H3,(H,32,36)/t21-,23-,24-/m1/s1. The molecule has 0 spiro atoms. The van der Waals surface area contributed by atoms with Crippen LogP contribution in [0, 0.1) is 26.7 Å². The van der Waals surface area contributed by atoms with Crippen molar-refractivity contribution in [2.45, 2.75) is 97.2 Å². The number of pyridine rings is 1. The summed E-state index contributed by atoms with van der Waals surface area (Å²) in [7, 11) is 0. The summed E-state index contributed by atoms with van der Waals surface area (Å²) < 4.78 is 0. The molecule has 0 radical (unpaired) electrons. The topological polar surface area (TPSA) is 59.6 Å².